The van der Waals surface area contributed by atoms with E-state index in [1.807, 2.05) is 14.0 Å². The van der Waals surface area contributed by atoms with E-state index >= 15 is 0 Å². The van der Waals surface area contributed by atoms with E-state index in [2.05, 4.69) is 26.3 Å². The van der Waals surface area contributed by atoms with Crippen LogP contribution in [0.15, 0.2) is 6.20 Å². The standard InChI is InChI=1S/C13H20BrN3O/c1-9-10(8-17(2)16-9)13(18)15-12-7-5-3-4-6-11(12)14/h8,11-12H,3-7H2,1-2H3,(H,15,18). The maximum atomic E-state index is 12.2. The van der Waals surface area contributed by atoms with Gasteiger partial charge >= 0.3 is 0 Å². The Morgan fingerprint density at radius 1 is 1.44 bits per heavy atom. The topological polar surface area (TPSA) is 46.9 Å². The lowest BCUT2D eigenvalue weighted by molar-refractivity contribution is 0.0934. The van der Waals surface area contributed by atoms with E-state index in [9.17, 15) is 4.79 Å². The van der Waals surface area contributed by atoms with Crippen LogP contribution in [-0.4, -0.2) is 26.6 Å². The molecule has 1 aromatic rings. The Labute approximate surface area is 116 Å². The predicted molar refractivity (Wildman–Crippen MR) is 75.0 cm³/mol. The summed E-state index contributed by atoms with van der Waals surface area (Å²) in [6.45, 7) is 1.87. The van der Waals surface area contributed by atoms with Gasteiger partial charge in [0.05, 0.1) is 11.3 Å². The third-order valence-electron chi connectivity index (χ3n) is 3.51. The van der Waals surface area contributed by atoms with Crippen molar-refractivity contribution in [3.8, 4) is 0 Å². The maximum Gasteiger partial charge on any atom is 0.254 e. The van der Waals surface area contributed by atoms with Gasteiger partial charge in [0.1, 0.15) is 0 Å². The second-order valence-electron chi connectivity index (χ2n) is 5.04. The third kappa shape index (κ3) is 3.13. The lowest BCUT2D eigenvalue weighted by Gasteiger charge is -2.21. The fourth-order valence-electron chi connectivity index (χ4n) is 2.49. The van der Waals surface area contributed by atoms with Crippen LogP contribution in [-0.2, 0) is 7.05 Å². The molecule has 0 aliphatic heterocycles. The molecule has 1 N–H and O–H groups in total. The van der Waals surface area contributed by atoms with Crippen molar-refractivity contribution in [1.82, 2.24) is 15.1 Å². The number of rotatable bonds is 2. The normalized spacial score (nSPS) is 24.6. The van der Waals surface area contributed by atoms with Gasteiger partial charge < -0.3 is 5.32 Å². The molecule has 1 aromatic heterocycles. The molecule has 100 valence electrons. The van der Waals surface area contributed by atoms with Gasteiger partial charge in [0.15, 0.2) is 0 Å². The van der Waals surface area contributed by atoms with Crippen LogP contribution in [0.4, 0.5) is 0 Å². The highest BCUT2D eigenvalue weighted by atomic mass is 79.9. The van der Waals surface area contributed by atoms with E-state index in [1.165, 1.54) is 19.3 Å². The summed E-state index contributed by atoms with van der Waals surface area (Å²) in [6, 6.07) is 0.236. The fourth-order valence-corrected chi connectivity index (χ4v) is 3.21. The number of aryl methyl sites for hydroxylation is 2. The Bertz CT molecular complexity index is 430. The summed E-state index contributed by atoms with van der Waals surface area (Å²) < 4.78 is 1.68. The maximum absolute atomic E-state index is 12.2. The summed E-state index contributed by atoms with van der Waals surface area (Å²) in [7, 11) is 1.84. The minimum absolute atomic E-state index is 0.00282. The van der Waals surface area contributed by atoms with E-state index in [4.69, 9.17) is 0 Å². The molecule has 2 rings (SSSR count). The highest BCUT2D eigenvalue weighted by Gasteiger charge is 2.24. The van der Waals surface area contributed by atoms with Crippen LogP contribution in [0, 0.1) is 6.92 Å². The van der Waals surface area contributed by atoms with Crippen LogP contribution in [0.5, 0.6) is 0 Å². The average Bonchev–Trinajstić information content (AvgIpc) is 2.52. The predicted octanol–water partition coefficient (Wildman–Crippen LogP) is 2.55. The average molecular weight is 314 g/mol. The molecule has 4 nitrogen and oxygen atoms in total. The van der Waals surface area contributed by atoms with Crippen LogP contribution in [0.2, 0.25) is 0 Å². The molecule has 1 fully saturated rings. The van der Waals surface area contributed by atoms with Crippen LogP contribution in [0.25, 0.3) is 0 Å². The van der Waals surface area contributed by atoms with Gasteiger partial charge in [-0.2, -0.15) is 5.10 Å². The third-order valence-corrected chi connectivity index (χ3v) is 4.60. The number of carbonyl (C=O) groups excluding carboxylic acids is 1. The number of halogens is 1. The number of aromatic nitrogens is 2. The molecule has 0 bridgehead atoms. The molecule has 5 heteroatoms. The minimum Gasteiger partial charge on any atom is -0.348 e. The number of nitrogens with zero attached hydrogens (tertiary/aromatic N) is 2. The van der Waals surface area contributed by atoms with Crippen LogP contribution in [0.3, 0.4) is 0 Å². The SMILES string of the molecule is Cc1nn(C)cc1C(=O)NC1CCCCCC1Br. The molecule has 1 aliphatic carbocycles. The molecule has 0 spiro atoms. The number of alkyl halides is 1. The molecule has 1 saturated carbocycles. The Morgan fingerprint density at radius 2 is 2.17 bits per heavy atom. The van der Waals surface area contributed by atoms with Gasteiger partial charge in [-0.25, -0.2) is 0 Å². The van der Waals surface area contributed by atoms with Crippen molar-refractivity contribution in [3.63, 3.8) is 0 Å². The molecule has 0 aromatic carbocycles. The van der Waals surface area contributed by atoms with Crippen LogP contribution < -0.4 is 5.32 Å². The Hall–Kier alpha value is -0.840. The van der Waals surface area contributed by atoms with Gasteiger partial charge in [-0.1, -0.05) is 35.2 Å². The summed E-state index contributed by atoms with van der Waals surface area (Å²) in [6.07, 6.45) is 7.68. The van der Waals surface area contributed by atoms with Gasteiger partial charge in [0, 0.05) is 24.1 Å². The van der Waals surface area contributed by atoms with E-state index in [-0.39, 0.29) is 11.9 Å². The van der Waals surface area contributed by atoms with Crippen molar-refractivity contribution in [1.29, 1.82) is 0 Å². The molecular formula is C13H20BrN3O. The number of nitrogens with one attached hydrogen (secondary N) is 1. The molecule has 1 amide bonds. The first-order valence-corrected chi connectivity index (χ1v) is 7.44. The second-order valence-corrected chi connectivity index (χ2v) is 6.21. The van der Waals surface area contributed by atoms with Crippen molar-refractivity contribution >= 4 is 21.8 Å². The zero-order valence-corrected chi connectivity index (χ0v) is 12.5. The van der Waals surface area contributed by atoms with E-state index in [0.717, 1.165) is 18.5 Å². The van der Waals surface area contributed by atoms with E-state index in [0.29, 0.717) is 10.4 Å². The summed E-state index contributed by atoms with van der Waals surface area (Å²) in [5.41, 5.74) is 1.47. The van der Waals surface area contributed by atoms with Crippen LogP contribution >= 0.6 is 15.9 Å². The Balaban J connectivity index is 2.04. The minimum atomic E-state index is -0.00282. The number of amides is 1. The van der Waals surface area contributed by atoms with Gasteiger partial charge in [-0.15, -0.1) is 0 Å². The van der Waals surface area contributed by atoms with Crippen molar-refractivity contribution in [2.45, 2.75) is 49.9 Å². The summed E-state index contributed by atoms with van der Waals surface area (Å²) in [5.74, 6) is -0.00282. The quantitative estimate of drug-likeness (QED) is 0.674. The Kier molecular flexibility index (Phi) is 4.43. The highest BCUT2D eigenvalue weighted by Crippen LogP contribution is 2.24. The fraction of sp³-hybridized carbons (Fsp3) is 0.692. The van der Waals surface area contributed by atoms with Gasteiger partial charge in [0.25, 0.3) is 5.91 Å². The summed E-state index contributed by atoms with van der Waals surface area (Å²) in [5, 5.41) is 7.35. The molecule has 18 heavy (non-hydrogen) atoms. The first-order valence-electron chi connectivity index (χ1n) is 6.53. The zero-order chi connectivity index (χ0) is 13.1. The van der Waals surface area contributed by atoms with Crippen molar-refractivity contribution in [2.75, 3.05) is 0 Å². The Morgan fingerprint density at radius 3 is 2.83 bits per heavy atom. The summed E-state index contributed by atoms with van der Waals surface area (Å²) >= 11 is 3.69. The molecule has 2 atom stereocenters. The van der Waals surface area contributed by atoms with Gasteiger partial charge in [-0.3, -0.25) is 9.48 Å². The molecule has 0 saturated heterocycles. The largest absolute Gasteiger partial charge is 0.348 e. The molecule has 1 aliphatic rings. The van der Waals surface area contributed by atoms with Gasteiger partial charge in [-0.05, 0) is 19.8 Å². The number of hydrogen-bond donors (Lipinski definition) is 1. The molecule has 1 heterocycles. The van der Waals surface area contributed by atoms with E-state index < -0.39 is 0 Å². The monoisotopic (exact) mass is 313 g/mol. The lowest BCUT2D eigenvalue weighted by atomic mass is 10.1. The number of hydrogen-bond acceptors (Lipinski definition) is 2. The van der Waals surface area contributed by atoms with Crippen molar-refractivity contribution in [2.24, 2.45) is 7.05 Å². The second kappa shape index (κ2) is 5.87. The highest BCUT2D eigenvalue weighted by molar-refractivity contribution is 9.09. The van der Waals surface area contributed by atoms with Gasteiger partial charge in [0.2, 0.25) is 0 Å². The smallest absolute Gasteiger partial charge is 0.254 e. The molecule has 2 unspecified atom stereocenters. The lowest BCUT2D eigenvalue weighted by Crippen LogP contribution is -2.40. The molecular weight excluding hydrogens is 294 g/mol. The van der Waals surface area contributed by atoms with E-state index in [1.54, 1.807) is 10.9 Å². The van der Waals surface area contributed by atoms with Crippen molar-refractivity contribution < 1.29 is 4.79 Å². The van der Waals surface area contributed by atoms with Crippen LogP contribution in [0.1, 0.15) is 48.2 Å². The first-order chi connectivity index (χ1) is 8.58. The number of carbonyl (C=O) groups is 1. The van der Waals surface area contributed by atoms with Crippen molar-refractivity contribution in [3.05, 3.63) is 17.5 Å². The first kappa shape index (κ1) is 13.6. The molecule has 0 radical (unpaired) electrons. The zero-order valence-electron chi connectivity index (χ0n) is 10.9. The summed E-state index contributed by atoms with van der Waals surface area (Å²) in [4.78, 5) is 12.6.